The lowest BCUT2D eigenvalue weighted by Crippen LogP contribution is -2.48. The summed E-state index contributed by atoms with van der Waals surface area (Å²) in [6.07, 6.45) is 1.62. The van der Waals surface area contributed by atoms with Gasteiger partial charge in [-0.25, -0.2) is 9.59 Å². The van der Waals surface area contributed by atoms with Gasteiger partial charge in [0.15, 0.2) is 0 Å². The minimum atomic E-state index is -1.01. The van der Waals surface area contributed by atoms with Crippen LogP contribution >= 0.6 is 0 Å². The highest BCUT2D eigenvalue weighted by Gasteiger charge is 2.52. The number of hydrogen-bond acceptors (Lipinski definition) is 3. The molecule has 2 bridgehead atoms. The van der Waals surface area contributed by atoms with Gasteiger partial charge in [0.05, 0.1) is 7.11 Å². The summed E-state index contributed by atoms with van der Waals surface area (Å²) in [5.41, 5.74) is 0. The third-order valence-corrected chi connectivity index (χ3v) is 3.25. The van der Waals surface area contributed by atoms with Crippen LogP contribution in [-0.4, -0.2) is 41.3 Å². The van der Waals surface area contributed by atoms with E-state index in [9.17, 15) is 9.59 Å². The van der Waals surface area contributed by atoms with E-state index in [0.717, 1.165) is 19.3 Å². The molecule has 0 spiro atoms. The Morgan fingerprint density at radius 2 is 2.14 bits per heavy atom. The van der Waals surface area contributed by atoms with Gasteiger partial charge in [-0.3, -0.25) is 4.90 Å². The lowest BCUT2D eigenvalue weighted by Gasteiger charge is -2.30. The van der Waals surface area contributed by atoms with Crippen molar-refractivity contribution in [2.24, 2.45) is 5.92 Å². The molecule has 1 saturated carbocycles. The minimum absolute atomic E-state index is 0.0293. The summed E-state index contributed by atoms with van der Waals surface area (Å²) in [5.74, 6) is -0.247. The third-order valence-electron chi connectivity index (χ3n) is 3.25. The van der Waals surface area contributed by atoms with Gasteiger partial charge in [0.2, 0.25) is 0 Å². The van der Waals surface area contributed by atoms with Crippen LogP contribution in [0.4, 0.5) is 4.79 Å². The first-order valence-corrected chi connectivity index (χ1v) is 4.74. The molecule has 2 aliphatic rings. The number of carboxylic acid groups (broad SMARTS) is 1. The summed E-state index contributed by atoms with van der Waals surface area (Å²) in [4.78, 5) is 23.6. The van der Waals surface area contributed by atoms with E-state index in [-0.39, 0.29) is 12.0 Å². The van der Waals surface area contributed by atoms with Gasteiger partial charge >= 0.3 is 12.1 Å². The number of nitrogens with zero attached hydrogens (tertiary/aromatic N) is 1. The van der Waals surface area contributed by atoms with Crippen LogP contribution in [0, 0.1) is 5.92 Å². The molecule has 5 nitrogen and oxygen atoms in total. The Morgan fingerprint density at radius 3 is 2.71 bits per heavy atom. The quantitative estimate of drug-likeness (QED) is 0.631. The number of likely N-dealkylation sites (tertiary alicyclic amines) is 1. The van der Waals surface area contributed by atoms with E-state index in [0.29, 0.717) is 0 Å². The summed E-state index contributed by atoms with van der Waals surface area (Å²) in [6, 6.07) is -0.530. The molecule has 0 unspecified atom stereocenters. The van der Waals surface area contributed by atoms with Gasteiger partial charge in [0.25, 0.3) is 0 Å². The first-order chi connectivity index (χ1) is 6.65. The Balaban J connectivity index is 2.21. The number of ether oxygens (including phenoxy) is 1. The van der Waals surface area contributed by atoms with Gasteiger partial charge in [-0.1, -0.05) is 0 Å². The monoisotopic (exact) mass is 199 g/mol. The zero-order valence-electron chi connectivity index (χ0n) is 7.97. The molecular weight excluding hydrogens is 186 g/mol. The van der Waals surface area contributed by atoms with Crippen molar-refractivity contribution in [2.45, 2.75) is 31.3 Å². The van der Waals surface area contributed by atoms with E-state index < -0.39 is 18.1 Å². The molecule has 78 valence electrons. The summed E-state index contributed by atoms with van der Waals surface area (Å²) < 4.78 is 4.62. The van der Waals surface area contributed by atoms with Crippen LogP contribution in [0.2, 0.25) is 0 Å². The molecule has 1 aliphatic heterocycles. The maximum Gasteiger partial charge on any atom is 0.408 e. The highest BCUT2D eigenvalue weighted by molar-refractivity contribution is 5.82. The average molecular weight is 199 g/mol. The molecule has 1 saturated heterocycles. The standard InChI is InChI=1S/C9H13NO4/c1-14-8(11)7-5-2-3-6(4-5)10(7)9(12)13/h5-7H,2-4H2,1H3,(H,12,13)/t5-,6+,7-/m0/s1. The predicted molar refractivity (Wildman–Crippen MR) is 46.8 cm³/mol. The fourth-order valence-electron chi connectivity index (χ4n) is 2.69. The molecule has 0 aromatic carbocycles. The molecule has 1 amide bonds. The van der Waals surface area contributed by atoms with Gasteiger partial charge in [-0.15, -0.1) is 0 Å². The predicted octanol–water partition coefficient (Wildman–Crippen LogP) is 0.690. The van der Waals surface area contributed by atoms with Gasteiger partial charge in [-0.05, 0) is 25.2 Å². The average Bonchev–Trinajstić information content (AvgIpc) is 2.74. The van der Waals surface area contributed by atoms with Crippen molar-refractivity contribution in [2.75, 3.05) is 7.11 Å². The largest absolute Gasteiger partial charge is 0.467 e. The summed E-state index contributed by atoms with van der Waals surface area (Å²) in [7, 11) is 1.30. The number of esters is 1. The summed E-state index contributed by atoms with van der Waals surface area (Å²) >= 11 is 0. The van der Waals surface area contributed by atoms with Crippen molar-refractivity contribution in [3.8, 4) is 0 Å². The van der Waals surface area contributed by atoms with Crippen molar-refractivity contribution in [3.63, 3.8) is 0 Å². The van der Waals surface area contributed by atoms with E-state index in [2.05, 4.69) is 4.74 Å². The molecule has 5 heteroatoms. The zero-order valence-corrected chi connectivity index (χ0v) is 7.97. The molecule has 0 radical (unpaired) electrons. The number of fused-ring (bicyclic) bond motifs is 2. The first-order valence-electron chi connectivity index (χ1n) is 4.74. The van der Waals surface area contributed by atoms with Crippen LogP contribution in [0.15, 0.2) is 0 Å². The van der Waals surface area contributed by atoms with Crippen molar-refractivity contribution < 1.29 is 19.4 Å². The number of amides is 1. The molecule has 0 aromatic rings. The maximum absolute atomic E-state index is 11.4. The smallest absolute Gasteiger partial charge is 0.408 e. The fourth-order valence-corrected chi connectivity index (χ4v) is 2.69. The third kappa shape index (κ3) is 1.15. The molecular formula is C9H13NO4. The topological polar surface area (TPSA) is 66.8 Å². The second-order valence-corrected chi connectivity index (χ2v) is 3.88. The van der Waals surface area contributed by atoms with Crippen LogP contribution in [-0.2, 0) is 9.53 Å². The Kier molecular flexibility index (Phi) is 2.09. The number of carbonyl (C=O) groups excluding carboxylic acids is 1. The van der Waals surface area contributed by atoms with Crippen LogP contribution < -0.4 is 0 Å². The molecule has 1 N–H and O–H groups in total. The van der Waals surface area contributed by atoms with Crippen LogP contribution in [0.3, 0.4) is 0 Å². The Hall–Kier alpha value is -1.26. The van der Waals surface area contributed by atoms with Crippen LogP contribution in [0.1, 0.15) is 19.3 Å². The molecule has 3 atom stereocenters. The van der Waals surface area contributed by atoms with E-state index in [4.69, 9.17) is 5.11 Å². The number of rotatable bonds is 1. The van der Waals surface area contributed by atoms with Gasteiger partial charge in [0, 0.05) is 6.04 Å². The highest BCUT2D eigenvalue weighted by atomic mass is 16.5. The molecule has 0 aromatic heterocycles. The van der Waals surface area contributed by atoms with Crippen molar-refractivity contribution in [3.05, 3.63) is 0 Å². The van der Waals surface area contributed by atoms with E-state index in [1.807, 2.05) is 0 Å². The van der Waals surface area contributed by atoms with E-state index in [1.165, 1.54) is 12.0 Å². The maximum atomic E-state index is 11.4. The van der Waals surface area contributed by atoms with Gasteiger partial charge in [-0.2, -0.15) is 0 Å². The second-order valence-electron chi connectivity index (χ2n) is 3.88. The van der Waals surface area contributed by atoms with Crippen molar-refractivity contribution >= 4 is 12.1 Å². The Morgan fingerprint density at radius 1 is 1.43 bits per heavy atom. The second kappa shape index (κ2) is 3.15. The van der Waals surface area contributed by atoms with E-state index >= 15 is 0 Å². The van der Waals surface area contributed by atoms with Crippen LogP contribution in [0.25, 0.3) is 0 Å². The molecule has 1 aliphatic carbocycles. The van der Waals surface area contributed by atoms with Gasteiger partial charge < -0.3 is 9.84 Å². The number of methoxy groups -OCH3 is 1. The molecule has 1 heterocycles. The van der Waals surface area contributed by atoms with E-state index in [1.54, 1.807) is 0 Å². The van der Waals surface area contributed by atoms with Crippen LogP contribution in [0.5, 0.6) is 0 Å². The number of hydrogen-bond donors (Lipinski definition) is 1. The lowest BCUT2D eigenvalue weighted by atomic mass is 9.99. The Bertz CT molecular complexity index is 278. The van der Waals surface area contributed by atoms with Crippen molar-refractivity contribution in [1.29, 1.82) is 0 Å². The zero-order chi connectivity index (χ0) is 10.3. The normalized spacial score (nSPS) is 34.6. The number of piperidine rings is 1. The SMILES string of the molecule is COC(=O)[C@@H]1[C@H]2CC[C@H](C2)N1C(=O)O. The minimum Gasteiger partial charge on any atom is -0.467 e. The first kappa shape index (κ1) is 9.30. The molecule has 2 fully saturated rings. The highest BCUT2D eigenvalue weighted by Crippen LogP contribution is 2.42. The summed E-state index contributed by atoms with van der Waals surface area (Å²) in [5, 5.41) is 8.97. The Labute approximate surface area is 81.6 Å². The fraction of sp³-hybridized carbons (Fsp3) is 0.778. The lowest BCUT2D eigenvalue weighted by molar-refractivity contribution is -0.147. The molecule has 2 rings (SSSR count). The van der Waals surface area contributed by atoms with Crippen molar-refractivity contribution in [1.82, 2.24) is 4.90 Å². The molecule has 14 heavy (non-hydrogen) atoms. The van der Waals surface area contributed by atoms with Gasteiger partial charge in [0.1, 0.15) is 6.04 Å². The summed E-state index contributed by atoms with van der Waals surface area (Å²) in [6.45, 7) is 0. The number of carbonyl (C=O) groups is 2.